The number of amides is 1. The highest BCUT2D eigenvalue weighted by atomic mass is 16.2. The predicted octanol–water partition coefficient (Wildman–Crippen LogP) is 3.99. The van der Waals surface area contributed by atoms with Crippen molar-refractivity contribution in [1.82, 2.24) is 4.90 Å². The van der Waals surface area contributed by atoms with Gasteiger partial charge in [0.25, 0.3) is 0 Å². The van der Waals surface area contributed by atoms with Gasteiger partial charge in [-0.1, -0.05) is 32.1 Å². The van der Waals surface area contributed by atoms with E-state index in [0.717, 1.165) is 50.1 Å². The van der Waals surface area contributed by atoms with Gasteiger partial charge in [0, 0.05) is 30.8 Å². The Morgan fingerprint density at radius 3 is 2.45 bits per heavy atom. The molecule has 0 aromatic carbocycles. The second-order valence-corrected chi connectivity index (χ2v) is 5.77. The van der Waals surface area contributed by atoms with E-state index < -0.39 is 0 Å². The summed E-state index contributed by atoms with van der Waals surface area (Å²) < 4.78 is 0. The van der Waals surface area contributed by atoms with Crippen molar-refractivity contribution in [2.45, 2.75) is 53.4 Å². The second kappa shape index (κ2) is 9.34. The third-order valence-electron chi connectivity index (χ3n) is 3.79. The van der Waals surface area contributed by atoms with Crippen molar-refractivity contribution in [3.8, 4) is 0 Å². The number of hydrogen-bond acceptors (Lipinski definition) is 2. The number of rotatable bonds is 3. The van der Waals surface area contributed by atoms with E-state index in [0.29, 0.717) is 11.8 Å². The van der Waals surface area contributed by atoms with E-state index in [4.69, 9.17) is 5.41 Å². The fourth-order valence-corrected chi connectivity index (χ4v) is 2.74. The standard InChI is InChI=1S/C16H23N3O.C2H6/c1-12(2)18-15(17)11-13-7-9-19(10-8-13)16(20)14-5-3-4-6-14;1-2/h3-5,13,17H,6-11H2,1-2H3;1-2H3. The summed E-state index contributed by atoms with van der Waals surface area (Å²) in [5.74, 6) is 1.15. The fourth-order valence-electron chi connectivity index (χ4n) is 2.74. The second-order valence-electron chi connectivity index (χ2n) is 5.77. The highest BCUT2D eigenvalue weighted by Gasteiger charge is 2.25. The van der Waals surface area contributed by atoms with Crippen LogP contribution in [0.25, 0.3) is 0 Å². The summed E-state index contributed by atoms with van der Waals surface area (Å²) in [4.78, 5) is 18.4. The average molecular weight is 303 g/mol. The van der Waals surface area contributed by atoms with Gasteiger partial charge in [-0.15, -0.1) is 0 Å². The fraction of sp³-hybridized carbons (Fsp3) is 0.611. The van der Waals surface area contributed by atoms with Crippen LogP contribution in [0.4, 0.5) is 0 Å². The van der Waals surface area contributed by atoms with Crippen molar-refractivity contribution in [3.63, 3.8) is 0 Å². The number of carbonyl (C=O) groups excluding carboxylic acids is 1. The summed E-state index contributed by atoms with van der Waals surface area (Å²) in [6, 6.07) is 0. The van der Waals surface area contributed by atoms with Crippen LogP contribution in [-0.2, 0) is 4.79 Å². The van der Waals surface area contributed by atoms with Gasteiger partial charge in [0.2, 0.25) is 5.91 Å². The minimum Gasteiger partial charge on any atom is -0.339 e. The van der Waals surface area contributed by atoms with Crippen molar-refractivity contribution < 1.29 is 4.79 Å². The molecular weight excluding hydrogens is 274 g/mol. The Morgan fingerprint density at radius 2 is 1.95 bits per heavy atom. The Bertz CT molecular complexity index is 477. The SMILES string of the molecule is CC.CC(C)=NC(=N)CC1CCN(C(=O)C2=CC=CC2)CC1. The number of amidine groups is 1. The van der Waals surface area contributed by atoms with E-state index in [-0.39, 0.29) is 5.91 Å². The van der Waals surface area contributed by atoms with Crippen LogP contribution in [0.1, 0.15) is 53.4 Å². The summed E-state index contributed by atoms with van der Waals surface area (Å²) in [5, 5.41) is 7.84. The molecular formula is C18H29N3O. The molecule has 1 fully saturated rings. The summed E-state index contributed by atoms with van der Waals surface area (Å²) >= 11 is 0. The van der Waals surface area contributed by atoms with Crippen molar-refractivity contribution in [1.29, 1.82) is 5.41 Å². The molecule has 22 heavy (non-hydrogen) atoms. The molecule has 0 bridgehead atoms. The van der Waals surface area contributed by atoms with E-state index in [1.54, 1.807) is 0 Å². The summed E-state index contributed by atoms with van der Waals surface area (Å²) in [6.45, 7) is 9.45. The molecule has 0 aromatic heterocycles. The molecule has 4 nitrogen and oxygen atoms in total. The number of allylic oxidation sites excluding steroid dienone is 3. The van der Waals surface area contributed by atoms with Crippen LogP contribution in [-0.4, -0.2) is 35.4 Å². The number of nitrogens with one attached hydrogen (secondary N) is 1. The van der Waals surface area contributed by atoms with Gasteiger partial charge < -0.3 is 4.90 Å². The zero-order valence-electron chi connectivity index (χ0n) is 14.4. The lowest BCUT2D eigenvalue weighted by Gasteiger charge is -2.32. The third kappa shape index (κ3) is 5.58. The van der Waals surface area contributed by atoms with Crippen LogP contribution in [0.15, 0.2) is 28.8 Å². The average Bonchev–Trinajstić information content (AvgIpc) is 3.03. The van der Waals surface area contributed by atoms with Gasteiger partial charge in [-0.05, 0) is 39.0 Å². The summed E-state index contributed by atoms with van der Waals surface area (Å²) in [7, 11) is 0. The van der Waals surface area contributed by atoms with Crippen molar-refractivity contribution in [2.75, 3.05) is 13.1 Å². The molecule has 1 aliphatic heterocycles. The number of likely N-dealkylation sites (tertiary alicyclic amines) is 1. The number of carbonyl (C=O) groups is 1. The Hall–Kier alpha value is -1.71. The third-order valence-corrected chi connectivity index (χ3v) is 3.79. The Balaban J connectivity index is 0.00000116. The van der Waals surface area contributed by atoms with E-state index in [9.17, 15) is 4.79 Å². The smallest absolute Gasteiger partial charge is 0.250 e. The molecule has 0 atom stereocenters. The first-order valence-electron chi connectivity index (χ1n) is 8.30. The molecule has 0 unspecified atom stereocenters. The van der Waals surface area contributed by atoms with Gasteiger partial charge in [-0.3, -0.25) is 10.2 Å². The largest absolute Gasteiger partial charge is 0.339 e. The maximum atomic E-state index is 12.2. The monoisotopic (exact) mass is 303 g/mol. The Kier molecular flexibility index (Phi) is 7.78. The molecule has 2 rings (SSSR count). The number of aliphatic imine (C=N–C) groups is 1. The molecule has 1 saturated heterocycles. The van der Waals surface area contributed by atoms with E-state index >= 15 is 0 Å². The first-order valence-corrected chi connectivity index (χ1v) is 8.30. The van der Waals surface area contributed by atoms with Gasteiger partial charge in [-0.2, -0.15) is 0 Å². The van der Waals surface area contributed by atoms with Crippen LogP contribution in [0.2, 0.25) is 0 Å². The lowest BCUT2D eigenvalue weighted by molar-refractivity contribution is -0.128. The van der Waals surface area contributed by atoms with Crippen molar-refractivity contribution >= 4 is 17.5 Å². The first kappa shape index (κ1) is 18.3. The van der Waals surface area contributed by atoms with E-state index in [2.05, 4.69) is 4.99 Å². The molecule has 0 spiro atoms. The molecule has 0 saturated carbocycles. The molecule has 2 aliphatic rings. The molecule has 1 N–H and O–H groups in total. The minimum absolute atomic E-state index is 0.186. The van der Waals surface area contributed by atoms with Crippen LogP contribution >= 0.6 is 0 Å². The van der Waals surface area contributed by atoms with Crippen molar-refractivity contribution in [3.05, 3.63) is 23.8 Å². The zero-order chi connectivity index (χ0) is 16.5. The topological polar surface area (TPSA) is 56.5 Å². The summed E-state index contributed by atoms with van der Waals surface area (Å²) in [5.41, 5.74) is 1.84. The number of hydrogen-bond donors (Lipinski definition) is 1. The predicted molar refractivity (Wildman–Crippen MR) is 93.6 cm³/mol. The number of piperidine rings is 1. The minimum atomic E-state index is 0.186. The van der Waals surface area contributed by atoms with E-state index in [1.807, 2.05) is 50.8 Å². The van der Waals surface area contributed by atoms with Gasteiger partial charge >= 0.3 is 0 Å². The highest BCUT2D eigenvalue weighted by Crippen LogP contribution is 2.23. The molecule has 4 heteroatoms. The lowest BCUT2D eigenvalue weighted by Crippen LogP contribution is -2.39. The van der Waals surface area contributed by atoms with Crippen LogP contribution in [0.5, 0.6) is 0 Å². The molecule has 1 aliphatic carbocycles. The molecule has 1 amide bonds. The Morgan fingerprint density at radius 1 is 1.32 bits per heavy atom. The van der Waals surface area contributed by atoms with Gasteiger partial charge in [0.15, 0.2) is 0 Å². The normalized spacial score (nSPS) is 17.5. The van der Waals surface area contributed by atoms with Gasteiger partial charge in [0.1, 0.15) is 5.84 Å². The maximum Gasteiger partial charge on any atom is 0.250 e. The first-order chi connectivity index (χ1) is 10.6. The van der Waals surface area contributed by atoms with Crippen LogP contribution in [0.3, 0.4) is 0 Å². The quantitative estimate of drug-likeness (QED) is 0.622. The van der Waals surface area contributed by atoms with Crippen molar-refractivity contribution in [2.24, 2.45) is 10.9 Å². The zero-order valence-corrected chi connectivity index (χ0v) is 14.4. The van der Waals surface area contributed by atoms with Gasteiger partial charge in [-0.25, -0.2) is 4.99 Å². The van der Waals surface area contributed by atoms with Gasteiger partial charge in [0.05, 0.1) is 0 Å². The maximum absolute atomic E-state index is 12.2. The van der Waals surface area contributed by atoms with Crippen LogP contribution in [0, 0.1) is 11.3 Å². The van der Waals surface area contributed by atoms with Crippen LogP contribution < -0.4 is 0 Å². The molecule has 0 radical (unpaired) electrons. The summed E-state index contributed by atoms with van der Waals surface area (Å²) in [6.07, 6.45) is 9.35. The number of nitrogens with zero attached hydrogens (tertiary/aromatic N) is 2. The molecule has 1 heterocycles. The Labute approximate surface area is 134 Å². The highest BCUT2D eigenvalue weighted by molar-refractivity contribution is 5.95. The molecule has 122 valence electrons. The molecule has 0 aromatic rings. The lowest BCUT2D eigenvalue weighted by atomic mass is 9.92. The van der Waals surface area contributed by atoms with E-state index in [1.165, 1.54) is 0 Å².